The van der Waals surface area contributed by atoms with Crippen molar-refractivity contribution in [1.29, 1.82) is 5.26 Å². The summed E-state index contributed by atoms with van der Waals surface area (Å²) < 4.78 is 5.40. The van der Waals surface area contributed by atoms with E-state index < -0.39 is 0 Å². The van der Waals surface area contributed by atoms with Gasteiger partial charge in [-0.3, -0.25) is 0 Å². The molecule has 6 heteroatoms. The first kappa shape index (κ1) is 11.2. The minimum absolute atomic E-state index is 0.0889. The highest BCUT2D eigenvalue weighted by Gasteiger charge is 2.09. The van der Waals surface area contributed by atoms with Crippen LogP contribution in [0.15, 0.2) is 30.6 Å². The Bertz CT molecular complexity index is 594. The van der Waals surface area contributed by atoms with Crippen LogP contribution in [0.4, 0.5) is 5.69 Å². The second-order valence-corrected chi connectivity index (χ2v) is 3.52. The SMILES string of the molecule is N#Cc1nccnc1Oc1cc(N)ccc1Cl. The molecule has 0 saturated heterocycles. The summed E-state index contributed by atoms with van der Waals surface area (Å²) in [6.45, 7) is 0. The number of nitrogens with zero attached hydrogens (tertiary/aromatic N) is 3. The molecule has 1 aromatic carbocycles. The lowest BCUT2D eigenvalue weighted by atomic mass is 10.3. The second-order valence-electron chi connectivity index (χ2n) is 3.11. The number of benzene rings is 1. The van der Waals surface area contributed by atoms with Crippen molar-refractivity contribution in [3.63, 3.8) is 0 Å². The number of halogens is 1. The van der Waals surface area contributed by atoms with Gasteiger partial charge < -0.3 is 10.5 Å². The van der Waals surface area contributed by atoms with Gasteiger partial charge in [-0.1, -0.05) is 11.6 Å². The third-order valence-electron chi connectivity index (χ3n) is 1.93. The summed E-state index contributed by atoms with van der Waals surface area (Å²) in [5.41, 5.74) is 6.21. The highest BCUT2D eigenvalue weighted by atomic mass is 35.5. The van der Waals surface area contributed by atoms with E-state index in [1.807, 2.05) is 6.07 Å². The lowest BCUT2D eigenvalue weighted by Gasteiger charge is -2.07. The molecule has 0 fully saturated rings. The van der Waals surface area contributed by atoms with Gasteiger partial charge >= 0.3 is 0 Å². The van der Waals surface area contributed by atoms with Gasteiger partial charge in [-0.05, 0) is 12.1 Å². The zero-order valence-electron chi connectivity index (χ0n) is 8.59. The number of rotatable bonds is 2. The van der Waals surface area contributed by atoms with Gasteiger partial charge in [0.15, 0.2) is 0 Å². The van der Waals surface area contributed by atoms with Crippen LogP contribution in [0.3, 0.4) is 0 Å². The summed E-state index contributed by atoms with van der Waals surface area (Å²) in [4.78, 5) is 7.73. The molecule has 1 heterocycles. The van der Waals surface area contributed by atoms with Gasteiger partial charge in [0.25, 0.3) is 5.88 Å². The fraction of sp³-hybridized carbons (Fsp3) is 0. The number of nitrogens with two attached hydrogens (primary N) is 1. The molecule has 2 rings (SSSR count). The fourth-order valence-corrected chi connectivity index (χ4v) is 1.34. The third-order valence-corrected chi connectivity index (χ3v) is 2.24. The Balaban J connectivity index is 2.38. The lowest BCUT2D eigenvalue weighted by molar-refractivity contribution is 0.458. The van der Waals surface area contributed by atoms with Gasteiger partial charge in [-0.2, -0.15) is 5.26 Å². The maximum Gasteiger partial charge on any atom is 0.256 e. The van der Waals surface area contributed by atoms with Crippen LogP contribution in [-0.2, 0) is 0 Å². The maximum atomic E-state index is 8.83. The normalized spacial score (nSPS) is 9.65. The number of anilines is 1. The van der Waals surface area contributed by atoms with E-state index in [1.54, 1.807) is 18.2 Å². The van der Waals surface area contributed by atoms with Crippen LogP contribution in [0, 0.1) is 11.3 Å². The Labute approximate surface area is 102 Å². The van der Waals surface area contributed by atoms with Gasteiger partial charge in [-0.15, -0.1) is 0 Å². The summed E-state index contributed by atoms with van der Waals surface area (Å²) in [5, 5.41) is 9.21. The molecular formula is C11H7ClN4O. The van der Waals surface area contributed by atoms with Crippen molar-refractivity contribution in [2.24, 2.45) is 0 Å². The highest BCUT2D eigenvalue weighted by Crippen LogP contribution is 2.30. The molecule has 0 spiro atoms. The molecule has 84 valence electrons. The summed E-state index contributed by atoms with van der Waals surface area (Å²) >= 11 is 5.93. The van der Waals surface area contributed by atoms with Gasteiger partial charge in [0.1, 0.15) is 11.8 Å². The van der Waals surface area contributed by atoms with E-state index in [0.717, 1.165) is 0 Å². The van der Waals surface area contributed by atoms with E-state index in [1.165, 1.54) is 12.4 Å². The molecule has 0 radical (unpaired) electrons. The summed E-state index contributed by atoms with van der Waals surface area (Å²) in [5.74, 6) is 0.436. The van der Waals surface area contributed by atoms with Crippen molar-refractivity contribution >= 4 is 17.3 Å². The molecule has 0 bridgehead atoms. The molecule has 0 unspecified atom stereocenters. The molecule has 0 amide bonds. The number of hydrogen-bond donors (Lipinski definition) is 1. The number of hydrogen-bond acceptors (Lipinski definition) is 5. The van der Waals surface area contributed by atoms with Crippen molar-refractivity contribution in [3.8, 4) is 17.7 Å². The Morgan fingerprint density at radius 1 is 1.29 bits per heavy atom. The van der Waals surface area contributed by atoms with Crippen LogP contribution >= 0.6 is 11.6 Å². The molecule has 0 aliphatic rings. The minimum atomic E-state index is 0.0889. The average Bonchev–Trinajstić information content (AvgIpc) is 2.34. The Hall–Kier alpha value is -2.32. The van der Waals surface area contributed by atoms with E-state index in [-0.39, 0.29) is 11.6 Å². The molecule has 2 N–H and O–H groups in total. The molecule has 2 aromatic rings. The minimum Gasteiger partial charge on any atom is -0.435 e. The molecule has 17 heavy (non-hydrogen) atoms. The monoisotopic (exact) mass is 246 g/mol. The molecule has 1 aromatic heterocycles. The standard InChI is InChI=1S/C11H7ClN4O/c12-8-2-1-7(14)5-10(8)17-11-9(6-13)15-3-4-16-11/h1-5H,14H2. The van der Waals surface area contributed by atoms with E-state index in [4.69, 9.17) is 27.3 Å². The third kappa shape index (κ3) is 2.44. The van der Waals surface area contributed by atoms with Crippen molar-refractivity contribution in [2.75, 3.05) is 5.73 Å². The summed E-state index contributed by atoms with van der Waals surface area (Å²) in [7, 11) is 0. The van der Waals surface area contributed by atoms with Crippen molar-refractivity contribution in [1.82, 2.24) is 9.97 Å². The number of nitriles is 1. The van der Waals surface area contributed by atoms with Crippen LogP contribution in [0.2, 0.25) is 5.02 Å². The topological polar surface area (TPSA) is 84.8 Å². The first-order valence-corrected chi connectivity index (χ1v) is 5.02. The maximum absolute atomic E-state index is 8.83. The van der Waals surface area contributed by atoms with Crippen LogP contribution in [0.1, 0.15) is 5.69 Å². The zero-order valence-corrected chi connectivity index (χ0v) is 9.35. The van der Waals surface area contributed by atoms with E-state index in [9.17, 15) is 0 Å². The Morgan fingerprint density at radius 3 is 2.82 bits per heavy atom. The predicted octanol–water partition coefficient (Wildman–Crippen LogP) is 2.38. The zero-order chi connectivity index (χ0) is 12.3. The Kier molecular flexibility index (Phi) is 3.08. The van der Waals surface area contributed by atoms with Crippen molar-refractivity contribution in [3.05, 3.63) is 41.3 Å². The summed E-state index contributed by atoms with van der Waals surface area (Å²) in [6.07, 6.45) is 2.84. The second kappa shape index (κ2) is 4.68. The molecule has 0 aliphatic carbocycles. The average molecular weight is 247 g/mol. The quantitative estimate of drug-likeness (QED) is 0.823. The van der Waals surface area contributed by atoms with Gasteiger partial charge in [0, 0.05) is 24.1 Å². The number of ether oxygens (including phenoxy) is 1. The van der Waals surface area contributed by atoms with Gasteiger partial charge in [0.05, 0.1) is 5.02 Å². The van der Waals surface area contributed by atoms with Crippen LogP contribution < -0.4 is 10.5 Å². The summed E-state index contributed by atoms with van der Waals surface area (Å²) in [6, 6.07) is 6.69. The number of aromatic nitrogens is 2. The van der Waals surface area contributed by atoms with E-state index in [0.29, 0.717) is 16.5 Å². The van der Waals surface area contributed by atoms with Crippen molar-refractivity contribution in [2.45, 2.75) is 0 Å². The Morgan fingerprint density at radius 2 is 2.06 bits per heavy atom. The molecule has 0 aliphatic heterocycles. The van der Waals surface area contributed by atoms with Crippen LogP contribution in [-0.4, -0.2) is 9.97 Å². The fourth-order valence-electron chi connectivity index (χ4n) is 1.18. The molecule has 0 saturated carbocycles. The van der Waals surface area contributed by atoms with Gasteiger partial charge in [0.2, 0.25) is 5.69 Å². The largest absolute Gasteiger partial charge is 0.435 e. The predicted molar refractivity (Wildman–Crippen MR) is 62.7 cm³/mol. The van der Waals surface area contributed by atoms with Crippen molar-refractivity contribution < 1.29 is 4.74 Å². The van der Waals surface area contributed by atoms with E-state index in [2.05, 4.69) is 9.97 Å². The van der Waals surface area contributed by atoms with Crippen LogP contribution in [0.25, 0.3) is 0 Å². The van der Waals surface area contributed by atoms with Crippen LogP contribution in [0.5, 0.6) is 11.6 Å². The first-order valence-electron chi connectivity index (χ1n) is 4.64. The number of nitrogen functional groups attached to an aromatic ring is 1. The lowest BCUT2D eigenvalue weighted by Crippen LogP contribution is -1.95. The smallest absolute Gasteiger partial charge is 0.256 e. The van der Waals surface area contributed by atoms with Gasteiger partial charge in [-0.25, -0.2) is 9.97 Å². The highest BCUT2D eigenvalue weighted by molar-refractivity contribution is 6.32. The molecule has 0 atom stereocenters. The first-order chi connectivity index (χ1) is 8.20. The molecular weight excluding hydrogens is 240 g/mol. The van der Waals surface area contributed by atoms with E-state index >= 15 is 0 Å². The molecule has 5 nitrogen and oxygen atoms in total.